The van der Waals surface area contributed by atoms with Crippen LogP contribution in [0.15, 0.2) is 47.4 Å². The molecule has 2 aromatic rings. The number of hydrogen-bond donors (Lipinski definition) is 0. The van der Waals surface area contributed by atoms with Crippen molar-refractivity contribution in [1.29, 1.82) is 0 Å². The number of carbonyl (C=O) groups excluding carboxylic acids is 1. The van der Waals surface area contributed by atoms with E-state index in [0.29, 0.717) is 11.0 Å². The fraction of sp³-hybridized carbons (Fsp3) is 0.214. The van der Waals surface area contributed by atoms with Gasteiger partial charge in [0.05, 0.1) is 17.2 Å². The highest BCUT2D eigenvalue weighted by molar-refractivity contribution is 5.77. The van der Waals surface area contributed by atoms with Crippen LogP contribution in [0, 0.1) is 0 Å². The van der Waals surface area contributed by atoms with Crippen LogP contribution in [-0.2, 0) is 16.1 Å². The van der Waals surface area contributed by atoms with Crippen LogP contribution in [0.1, 0.15) is 6.92 Å². The maximum atomic E-state index is 11.8. The molecule has 1 aromatic heterocycles. The summed E-state index contributed by atoms with van der Waals surface area (Å²) < 4.78 is 6.35. The van der Waals surface area contributed by atoms with Crippen LogP contribution in [0.4, 0.5) is 0 Å². The molecule has 0 unspecified atom stereocenters. The van der Waals surface area contributed by atoms with Crippen molar-refractivity contribution in [2.75, 3.05) is 6.61 Å². The van der Waals surface area contributed by atoms with E-state index in [4.69, 9.17) is 4.74 Å². The van der Waals surface area contributed by atoms with Crippen molar-refractivity contribution in [3.63, 3.8) is 0 Å². The maximum Gasteiger partial charge on any atom is 0.326 e. The van der Waals surface area contributed by atoms with Crippen LogP contribution in [0.25, 0.3) is 11.0 Å². The number of aromatic nitrogens is 2. The second-order valence-corrected chi connectivity index (χ2v) is 3.92. The fourth-order valence-corrected chi connectivity index (χ4v) is 1.69. The predicted octanol–water partition coefficient (Wildman–Crippen LogP) is 1.52. The van der Waals surface area contributed by atoms with Crippen LogP contribution in [0.2, 0.25) is 0 Å². The van der Waals surface area contributed by atoms with Gasteiger partial charge in [0.25, 0.3) is 5.56 Å². The Hall–Kier alpha value is -2.43. The minimum absolute atomic E-state index is 0.112. The number of rotatable bonds is 4. The van der Waals surface area contributed by atoms with E-state index in [9.17, 15) is 9.59 Å². The van der Waals surface area contributed by atoms with Gasteiger partial charge in [-0.3, -0.25) is 14.2 Å². The molecule has 0 aliphatic heterocycles. The smallest absolute Gasteiger partial charge is 0.326 e. The van der Waals surface area contributed by atoms with Gasteiger partial charge in [0.15, 0.2) is 0 Å². The molecule has 98 valence electrons. The summed E-state index contributed by atoms with van der Waals surface area (Å²) in [6, 6.07) is 7.17. The SMILES string of the molecule is C/C=C/COC(=O)Cn1c(=O)cnc2ccccc21. The molecule has 19 heavy (non-hydrogen) atoms. The number of fused-ring (bicyclic) bond motifs is 1. The molecule has 0 atom stereocenters. The van der Waals surface area contributed by atoms with E-state index in [0.717, 1.165) is 0 Å². The van der Waals surface area contributed by atoms with Crippen LogP contribution in [-0.4, -0.2) is 22.1 Å². The fourth-order valence-electron chi connectivity index (χ4n) is 1.69. The molecule has 1 aromatic carbocycles. The summed E-state index contributed by atoms with van der Waals surface area (Å²) >= 11 is 0. The first kappa shape index (κ1) is 13.0. The molecule has 0 spiro atoms. The number of allylic oxidation sites excluding steroid dienone is 1. The molecule has 5 nitrogen and oxygen atoms in total. The summed E-state index contributed by atoms with van der Waals surface area (Å²) in [6.07, 6.45) is 4.73. The Morgan fingerprint density at radius 1 is 1.42 bits per heavy atom. The van der Waals surface area contributed by atoms with Crippen molar-refractivity contribution < 1.29 is 9.53 Å². The largest absolute Gasteiger partial charge is 0.460 e. The molecule has 1 heterocycles. The van der Waals surface area contributed by atoms with Crippen molar-refractivity contribution in [3.05, 3.63) is 53.0 Å². The molecule has 0 amide bonds. The Balaban J connectivity index is 2.27. The van der Waals surface area contributed by atoms with E-state index in [2.05, 4.69) is 4.98 Å². The Morgan fingerprint density at radius 3 is 3.00 bits per heavy atom. The van der Waals surface area contributed by atoms with Gasteiger partial charge in [0.2, 0.25) is 0 Å². The molecule has 0 saturated carbocycles. The molecule has 0 radical (unpaired) electrons. The van der Waals surface area contributed by atoms with Gasteiger partial charge in [-0.25, -0.2) is 4.98 Å². The summed E-state index contributed by atoms with van der Waals surface area (Å²) in [7, 11) is 0. The highest BCUT2D eigenvalue weighted by Crippen LogP contribution is 2.08. The molecular formula is C14H14N2O3. The molecule has 0 aliphatic rings. The molecule has 0 fully saturated rings. The van der Waals surface area contributed by atoms with E-state index in [-0.39, 0.29) is 18.7 Å². The van der Waals surface area contributed by atoms with Gasteiger partial charge in [-0.2, -0.15) is 0 Å². The first-order valence-electron chi connectivity index (χ1n) is 5.93. The number of nitrogens with zero attached hydrogens (tertiary/aromatic N) is 2. The van der Waals surface area contributed by atoms with Gasteiger partial charge in [-0.15, -0.1) is 0 Å². The number of esters is 1. The summed E-state index contributed by atoms with van der Waals surface area (Å²) in [5.74, 6) is -0.448. The Kier molecular flexibility index (Phi) is 4.07. The lowest BCUT2D eigenvalue weighted by molar-refractivity contribution is -0.143. The number of hydrogen-bond acceptors (Lipinski definition) is 4. The standard InChI is InChI=1S/C14H14N2O3/c1-2-3-8-19-14(18)10-16-12-7-5-4-6-11(12)15-9-13(16)17/h2-7,9H,8,10H2,1H3/b3-2+. The number of para-hydroxylation sites is 2. The number of ether oxygens (including phenoxy) is 1. The Bertz CT molecular complexity index is 674. The zero-order chi connectivity index (χ0) is 13.7. The molecule has 0 aliphatic carbocycles. The lowest BCUT2D eigenvalue weighted by Gasteiger charge is -2.08. The molecule has 5 heteroatoms. The van der Waals surface area contributed by atoms with Gasteiger partial charge < -0.3 is 4.74 Å². The first-order valence-corrected chi connectivity index (χ1v) is 5.93. The topological polar surface area (TPSA) is 61.2 Å². The predicted molar refractivity (Wildman–Crippen MR) is 71.8 cm³/mol. The highest BCUT2D eigenvalue weighted by Gasteiger charge is 2.09. The maximum absolute atomic E-state index is 11.8. The third kappa shape index (κ3) is 3.07. The minimum atomic E-state index is -0.448. The van der Waals surface area contributed by atoms with Gasteiger partial charge >= 0.3 is 5.97 Å². The molecular weight excluding hydrogens is 244 g/mol. The first-order chi connectivity index (χ1) is 9.22. The number of carbonyl (C=O) groups is 1. The third-order valence-electron chi connectivity index (χ3n) is 2.62. The molecule has 0 bridgehead atoms. The monoisotopic (exact) mass is 258 g/mol. The van der Waals surface area contributed by atoms with Crippen molar-refractivity contribution in [2.45, 2.75) is 13.5 Å². The third-order valence-corrected chi connectivity index (χ3v) is 2.62. The molecule has 0 N–H and O–H groups in total. The lowest BCUT2D eigenvalue weighted by Crippen LogP contribution is -2.25. The van der Waals surface area contributed by atoms with Crippen LogP contribution in [0.3, 0.4) is 0 Å². The van der Waals surface area contributed by atoms with E-state index in [1.807, 2.05) is 13.0 Å². The van der Waals surface area contributed by atoms with Crippen molar-refractivity contribution in [2.24, 2.45) is 0 Å². The van der Waals surface area contributed by atoms with Crippen LogP contribution in [0.5, 0.6) is 0 Å². The van der Waals surface area contributed by atoms with E-state index in [1.54, 1.807) is 30.4 Å². The minimum Gasteiger partial charge on any atom is -0.460 e. The van der Waals surface area contributed by atoms with Crippen molar-refractivity contribution in [3.8, 4) is 0 Å². The zero-order valence-corrected chi connectivity index (χ0v) is 10.6. The van der Waals surface area contributed by atoms with Gasteiger partial charge in [0, 0.05) is 0 Å². The number of benzene rings is 1. The average molecular weight is 258 g/mol. The normalized spacial score (nSPS) is 11.0. The van der Waals surface area contributed by atoms with Crippen LogP contribution < -0.4 is 5.56 Å². The highest BCUT2D eigenvalue weighted by atomic mass is 16.5. The second-order valence-electron chi connectivity index (χ2n) is 3.92. The van der Waals surface area contributed by atoms with Gasteiger partial charge in [-0.05, 0) is 19.1 Å². The summed E-state index contributed by atoms with van der Waals surface area (Å²) in [5.41, 5.74) is 0.975. The van der Waals surface area contributed by atoms with E-state index in [1.165, 1.54) is 10.8 Å². The van der Waals surface area contributed by atoms with Crippen molar-refractivity contribution >= 4 is 17.0 Å². The summed E-state index contributed by atoms with van der Waals surface area (Å²) in [4.78, 5) is 27.5. The molecule has 2 rings (SSSR count). The van der Waals surface area contributed by atoms with E-state index >= 15 is 0 Å². The van der Waals surface area contributed by atoms with E-state index < -0.39 is 5.97 Å². The summed E-state index contributed by atoms with van der Waals surface area (Å²) in [5, 5.41) is 0. The summed E-state index contributed by atoms with van der Waals surface area (Å²) in [6.45, 7) is 1.95. The Labute approximate surface area is 110 Å². The zero-order valence-electron chi connectivity index (χ0n) is 10.6. The van der Waals surface area contributed by atoms with Crippen LogP contribution >= 0.6 is 0 Å². The molecule has 0 saturated heterocycles. The van der Waals surface area contributed by atoms with Crippen molar-refractivity contribution in [1.82, 2.24) is 9.55 Å². The Morgan fingerprint density at radius 2 is 2.21 bits per heavy atom. The van der Waals surface area contributed by atoms with Gasteiger partial charge in [0.1, 0.15) is 13.2 Å². The quantitative estimate of drug-likeness (QED) is 0.616. The second kappa shape index (κ2) is 5.95. The van der Waals surface area contributed by atoms with Gasteiger partial charge in [-0.1, -0.05) is 24.3 Å². The lowest BCUT2D eigenvalue weighted by atomic mass is 10.3. The average Bonchev–Trinajstić information content (AvgIpc) is 2.42.